The summed E-state index contributed by atoms with van der Waals surface area (Å²) in [4.78, 5) is -1.17. The average molecular weight is 361 g/mol. The van der Waals surface area contributed by atoms with Crippen molar-refractivity contribution in [3.05, 3.63) is 64.7 Å². The van der Waals surface area contributed by atoms with Crippen molar-refractivity contribution in [1.82, 2.24) is 4.31 Å². The normalized spacial score (nSPS) is 12.0. The van der Waals surface area contributed by atoms with E-state index < -0.39 is 43.8 Å². The molecular weight excluding hydrogens is 346 g/mol. The molecule has 0 saturated carbocycles. The monoisotopic (exact) mass is 361 g/mol. The number of benzene rings is 2. The van der Waals surface area contributed by atoms with Crippen LogP contribution in [0.25, 0.3) is 0 Å². The standard InChI is InChI=1S/C16H15F4NO2S/c1-21(2)24(22,23)16-11(9-8-10-6-4-3-5-7-10)12(17)13(18)14(19)15(16)20/h3-7H,8-9H2,1-2H3. The lowest BCUT2D eigenvalue weighted by molar-refractivity contribution is 0.386. The zero-order valence-corrected chi connectivity index (χ0v) is 13.8. The van der Waals surface area contributed by atoms with Gasteiger partial charge in [0.2, 0.25) is 10.0 Å². The number of hydrogen-bond donors (Lipinski definition) is 0. The molecule has 2 rings (SSSR count). The van der Waals surface area contributed by atoms with Gasteiger partial charge in [0.15, 0.2) is 23.3 Å². The van der Waals surface area contributed by atoms with E-state index in [2.05, 4.69) is 0 Å². The van der Waals surface area contributed by atoms with Gasteiger partial charge in [-0.15, -0.1) is 0 Å². The molecule has 0 radical (unpaired) electrons. The van der Waals surface area contributed by atoms with E-state index >= 15 is 0 Å². The van der Waals surface area contributed by atoms with Crippen molar-refractivity contribution >= 4 is 10.0 Å². The lowest BCUT2D eigenvalue weighted by Crippen LogP contribution is -2.26. The van der Waals surface area contributed by atoms with E-state index in [1.54, 1.807) is 30.3 Å². The van der Waals surface area contributed by atoms with Gasteiger partial charge in [-0.1, -0.05) is 30.3 Å². The van der Waals surface area contributed by atoms with Crippen molar-refractivity contribution in [3.8, 4) is 0 Å². The average Bonchev–Trinajstić information content (AvgIpc) is 2.55. The van der Waals surface area contributed by atoms with Gasteiger partial charge >= 0.3 is 0 Å². The van der Waals surface area contributed by atoms with Crippen molar-refractivity contribution in [2.24, 2.45) is 0 Å². The summed E-state index contributed by atoms with van der Waals surface area (Å²) >= 11 is 0. The van der Waals surface area contributed by atoms with Crippen molar-refractivity contribution in [3.63, 3.8) is 0 Å². The third-order valence-electron chi connectivity index (χ3n) is 3.56. The molecule has 2 aromatic rings. The Balaban J connectivity index is 2.61. The first-order valence-corrected chi connectivity index (χ1v) is 8.43. The first kappa shape index (κ1) is 18.4. The second kappa shape index (κ2) is 6.90. The summed E-state index contributed by atoms with van der Waals surface area (Å²) < 4.78 is 80.4. The van der Waals surface area contributed by atoms with Gasteiger partial charge in [-0.05, 0) is 18.4 Å². The topological polar surface area (TPSA) is 37.4 Å². The molecule has 0 aliphatic rings. The van der Waals surface area contributed by atoms with Gasteiger partial charge in [0, 0.05) is 19.7 Å². The first-order valence-electron chi connectivity index (χ1n) is 6.99. The second-order valence-corrected chi connectivity index (χ2v) is 7.43. The van der Waals surface area contributed by atoms with Crippen LogP contribution in [0.5, 0.6) is 0 Å². The summed E-state index contributed by atoms with van der Waals surface area (Å²) in [5.74, 6) is -7.76. The molecule has 0 aliphatic heterocycles. The fraction of sp³-hybridized carbons (Fsp3) is 0.250. The molecule has 0 heterocycles. The molecule has 0 saturated heterocycles. The van der Waals surface area contributed by atoms with E-state index in [0.717, 1.165) is 19.7 Å². The van der Waals surface area contributed by atoms with E-state index in [0.29, 0.717) is 4.31 Å². The number of sulfonamides is 1. The molecule has 0 bridgehead atoms. The maximum Gasteiger partial charge on any atom is 0.245 e. The molecule has 3 nitrogen and oxygen atoms in total. The predicted octanol–water partition coefficient (Wildman–Crippen LogP) is 3.28. The molecule has 8 heteroatoms. The molecule has 0 aliphatic carbocycles. The SMILES string of the molecule is CN(C)S(=O)(=O)c1c(F)c(F)c(F)c(F)c1CCc1ccccc1. The van der Waals surface area contributed by atoms with Gasteiger partial charge in [0.05, 0.1) is 0 Å². The molecule has 24 heavy (non-hydrogen) atoms. The fourth-order valence-corrected chi connectivity index (χ4v) is 3.43. The minimum atomic E-state index is -4.49. The van der Waals surface area contributed by atoms with Crippen LogP contribution in [0.2, 0.25) is 0 Å². The minimum absolute atomic E-state index is 0.137. The first-order chi connectivity index (χ1) is 11.2. The Kier molecular flexibility index (Phi) is 5.29. The zero-order valence-electron chi connectivity index (χ0n) is 13.0. The number of nitrogens with zero attached hydrogens (tertiary/aromatic N) is 1. The number of aryl methyl sites for hydroxylation is 1. The van der Waals surface area contributed by atoms with Crippen LogP contribution in [-0.4, -0.2) is 26.8 Å². The number of rotatable bonds is 5. The Morgan fingerprint density at radius 1 is 0.833 bits per heavy atom. The summed E-state index contributed by atoms with van der Waals surface area (Å²) in [5.41, 5.74) is 0.0131. The van der Waals surface area contributed by atoms with Gasteiger partial charge in [-0.25, -0.2) is 30.3 Å². The summed E-state index contributed by atoms with van der Waals surface area (Å²) in [6, 6.07) is 8.59. The summed E-state index contributed by atoms with van der Waals surface area (Å²) in [6.45, 7) is 0. The zero-order chi connectivity index (χ0) is 18.1. The van der Waals surface area contributed by atoms with Crippen molar-refractivity contribution in [1.29, 1.82) is 0 Å². The Bertz CT molecular complexity index is 852. The van der Waals surface area contributed by atoms with Crippen LogP contribution in [0.4, 0.5) is 17.6 Å². The quantitative estimate of drug-likeness (QED) is 0.466. The van der Waals surface area contributed by atoms with Crippen molar-refractivity contribution < 1.29 is 26.0 Å². The van der Waals surface area contributed by atoms with Crippen molar-refractivity contribution in [2.45, 2.75) is 17.7 Å². The molecule has 2 aromatic carbocycles. The van der Waals surface area contributed by atoms with Crippen LogP contribution in [0.3, 0.4) is 0 Å². The highest BCUT2D eigenvalue weighted by atomic mass is 32.2. The molecular formula is C16H15F4NO2S. The molecule has 0 spiro atoms. The lowest BCUT2D eigenvalue weighted by atomic mass is 10.0. The molecule has 0 atom stereocenters. The molecule has 0 amide bonds. The summed E-state index contributed by atoms with van der Waals surface area (Å²) in [5, 5.41) is 0. The van der Waals surface area contributed by atoms with Crippen LogP contribution in [0.15, 0.2) is 35.2 Å². The van der Waals surface area contributed by atoms with Gasteiger partial charge in [0.25, 0.3) is 0 Å². The fourth-order valence-electron chi connectivity index (χ4n) is 2.25. The van der Waals surface area contributed by atoms with Crippen LogP contribution < -0.4 is 0 Å². The van der Waals surface area contributed by atoms with E-state index in [-0.39, 0.29) is 12.8 Å². The molecule has 130 valence electrons. The van der Waals surface area contributed by atoms with Gasteiger partial charge in [-0.3, -0.25) is 0 Å². The van der Waals surface area contributed by atoms with E-state index in [4.69, 9.17) is 0 Å². The Hall–Kier alpha value is -1.93. The Morgan fingerprint density at radius 2 is 1.38 bits per heavy atom. The van der Waals surface area contributed by atoms with Crippen molar-refractivity contribution in [2.75, 3.05) is 14.1 Å². The van der Waals surface area contributed by atoms with Crippen LogP contribution >= 0.6 is 0 Å². The summed E-state index contributed by atoms with van der Waals surface area (Å²) in [6.07, 6.45) is -0.162. The molecule has 0 N–H and O–H groups in total. The summed E-state index contributed by atoms with van der Waals surface area (Å²) in [7, 11) is -2.31. The Labute approximate surface area is 137 Å². The highest BCUT2D eigenvalue weighted by Crippen LogP contribution is 2.30. The maximum absolute atomic E-state index is 14.1. The third kappa shape index (κ3) is 3.29. The molecule has 0 unspecified atom stereocenters. The minimum Gasteiger partial charge on any atom is -0.207 e. The number of hydrogen-bond acceptors (Lipinski definition) is 2. The van der Waals surface area contributed by atoms with Gasteiger partial charge in [0.1, 0.15) is 4.90 Å². The largest absolute Gasteiger partial charge is 0.245 e. The maximum atomic E-state index is 14.1. The van der Waals surface area contributed by atoms with Crippen LogP contribution in [-0.2, 0) is 22.9 Å². The van der Waals surface area contributed by atoms with E-state index in [1.807, 2.05) is 0 Å². The van der Waals surface area contributed by atoms with E-state index in [9.17, 15) is 26.0 Å². The van der Waals surface area contributed by atoms with Crippen LogP contribution in [0, 0.1) is 23.3 Å². The smallest absolute Gasteiger partial charge is 0.207 e. The third-order valence-corrected chi connectivity index (χ3v) is 5.46. The number of halogens is 4. The molecule has 0 fully saturated rings. The highest BCUT2D eigenvalue weighted by Gasteiger charge is 2.33. The Morgan fingerprint density at radius 3 is 1.92 bits per heavy atom. The van der Waals surface area contributed by atoms with Gasteiger partial charge < -0.3 is 0 Å². The predicted molar refractivity (Wildman–Crippen MR) is 81.0 cm³/mol. The van der Waals surface area contributed by atoms with Crippen LogP contribution in [0.1, 0.15) is 11.1 Å². The molecule has 0 aromatic heterocycles. The second-order valence-electron chi connectivity index (χ2n) is 5.34. The lowest BCUT2D eigenvalue weighted by Gasteiger charge is -2.17. The van der Waals surface area contributed by atoms with Gasteiger partial charge in [-0.2, -0.15) is 0 Å². The highest BCUT2D eigenvalue weighted by molar-refractivity contribution is 7.89. The van der Waals surface area contributed by atoms with E-state index in [1.165, 1.54) is 0 Å².